The highest BCUT2D eigenvalue weighted by molar-refractivity contribution is 6.30. The number of hydrogen-bond acceptors (Lipinski definition) is 2. The molecule has 17 heavy (non-hydrogen) atoms. The van der Waals surface area contributed by atoms with E-state index in [-0.39, 0.29) is 11.4 Å². The summed E-state index contributed by atoms with van der Waals surface area (Å²) in [5.74, 6) is -0.905. The Labute approximate surface area is 104 Å². The van der Waals surface area contributed by atoms with Crippen molar-refractivity contribution in [1.29, 1.82) is 0 Å². The maximum absolute atomic E-state index is 13.8. The van der Waals surface area contributed by atoms with Gasteiger partial charge in [0.25, 0.3) is 0 Å². The molecular formula is C12H14ClFN2O. The van der Waals surface area contributed by atoms with Crippen LogP contribution in [-0.2, 0) is 11.2 Å². The molecule has 1 aromatic carbocycles. The molecule has 1 aliphatic rings. The first-order chi connectivity index (χ1) is 8.05. The number of primary amides is 1. The van der Waals surface area contributed by atoms with Crippen LogP contribution in [0.1, 0.15) is 18.4 Å². The van der Waals surface area contributed by atoms with Crippen LogP contribution in [0.5, 0.6) is 0 Å². The molecule has 1 atom stereocenters. The average Bonchev–Trinajstić information content (AvgIpc) is 2.75. The molecule has 1 saturated heterocycles. The van der Waals surface area contributed by atoms with Crippen molar-refractivity contribution in [3.8, 4) is 0 Å². The highest BCUT2D eigenvalue weighted by atomic mass is 35.5. The molecule has 2 rings (SSSR count). The van der Waals surface area contributed by atoms with Crippen LogP contribution < -0.4 is 11.1 Å². The summed E-state index contributed by atoms with van der Waals surface area (Å²) < 4.78 is 13.8. The van der Waals surface area contributed by atoms with E-state index in [0.717, 1.165) is 13.0 Å². The Morgan fingerprint density at radius 2 is 2.35 bits per heavy atom. The number of halogens is 2. The van der Waals surface area contributed by atoms with Crippen LogP contribution in [0.15, 0.2) is 18.2 Å². The highest BCUT2D eigenvalue weighted by Gasteiger charge is 2.39. The Morgan fingerprint density at radius 1 is 1.59 bits per heavy atom. The van der Waals surface area contributed by atoms with Gasteiger partial charge in [-0.25, -0.2) is 4.39 Å². The van der Waals surface area contributed by atoms with Crippen molar-refractivity contribution in [3.63, 3.8) is 0 Å². The Morgan fingerprint density at radius 3 is 2.94 bits per heavy atom. The second-order valence-corrected chi connectivity index (χ2v) is 4.77. The van der Waals surface area contributed by atoms with Crippen molar-refractivity contribution >= 4 is 17.5 Å². The van der Waals surface area contributed by atoms with E-state index in [2.05, 4.69) is 5.32 Å². The van der Waals surface area contributed by atoms with E-state index in [1.807, 2.05) is 0 Å². The molecule has 1 fully saturated rings. The summed E-state index contributed by atoms with van der Waals surface area (Å²) in [5, 5.41) is 3.15. The van der Waals surface area contributed by atoms with Gasteiger partial charge in [-0.1, -0.05) is 23.7 Å². The van der Waals surface area contributed by atoms with Crippen LogP contribution in [0, 0.1) is 5.82 Å². The number of nitrogens with one attached hydrogen (secondary N) is 1. The number of amides is 1. The maximum atomic E-state index is 13.8. The predicted molar refractivity (Wildman–Crippen MR) is 64.3 cm³/mol. The number of carbonyl (C=O) groups is 1. The third-order valence-corrected chi connectivity index (χ3v) is 3.53. The largest absolute Gasteiger partial charge is 0.368 e. The average molecular weight is 257 g/mol. The van der Waals surface area contributed by atoms with Crippen LogP contribution in [-0.4, -0.2) is 18.0 Å². The maximum Gasteiger partial charge on any atom is 0.238 e. The van der Waals surface area contributed by atoms with Crippen LogP contribution >= 0.6 is 11.6 Å². The van der Waals surface area contributed by atoms with Crippen LogP contribution in [0.2, 0.25) is 5.02 Å². The number of nitrogens with two attached hydrogens (primary N) is 1. The van der Waals surface area contributed by atoms with Crippen LogP contribution in [0.3, 0.4) is 0 Å². The predicted octanol–water partition coefficient (Wildman–Crippen LogP) is 1.63. The summed E-state index contributed by atoms with van der Waals surface area (Å²) in [7, 11) is 0. The Bertz CT molecular complexity index is 444. The molecule has 0 aromatic heterocycles. The molecule has 0 spiro atoms. The second kappa shape index (κ2) is 4.63. The van der Waals surface area contributed by atoms with E-state index in [1.54, 1.807) is 12.1 Å². The van der Waals surface area contributed by atoms with Gasteiger partial charge in [-0.3, -0.25) is 4.79 Å². The Kier molecular flexibility index (Phi) is 3.35. The summed E-state index contributed by atoms with van der Waals surface area (Å²) in [6.07, 6.45) is 1.74. The van der Waals surface area contributed by atoms with Crippen LogP contribution in [0.25, 0.3) is 0 Å². The van der Waals surface area contributed by atoms with Gasteiger partial charge in [0.15, 0.2) is 0 Å². The summed E-state index contributed by atoms with van der Waals surface area (Å²) >= 11 is 5.71. The minimum atomic E-state index is -0.828. The van der Waals surface area contributed by atoms with E-state index >= 15 is 0 Å². The summed E-state index contributed by atoms with van der Waals surface area (Å²) in [6.45, 7) is 0.727. The van der Waals surface area contributed by atoms with Crippen molar-refractivity contribution in [2.45, 2.75) is 24.8 Å². The molecule has 3 nitrogen and oxygen atoms in total. The van der Waals surface area contributed by atoms with Gasteiger partial charge in [0.2, 0.25) is 5.91 Å². The third-order valence-electron chi connectivity index (χ3n) is 3.24. The fourth-order valence-electron chi connectivity index (χ4n) is 2.26. The number of benzene rings is 1. The standard InChI is InChI=1S/C12H14ClFN2O/c13-9-4-1-3-8(10(9)14)7-12(11(15)17)5-2-6-16-12/h1,3-4,16H,2,5-7H2,(H2,15,17). The zero-order chi connectivity index (χ0) is 12.5. The van der Waals surface area contributed by atoms with Gasteiger partial charge < -0.3 is 11.1 Å². The quantitative estimate of drug-likeness (QED) is 0.864. The molecule has 92 valence electrons. The molecule has 0 radical (unpaired) electrons. The smallest absolute Gasteiger partial charge is 0.238 e. The van der Waals surface area contributed by atoms with Gasteiger partial charge in [0.1, 0.15) is 11.4 Å². The molecule has 1 aliphatic heterocycles. The van der Waals surface area contributed by atoms with Crippen molar-refractivity contribution in [2.24, 2.45) is 5.73 Å². The van der Waals surface area contributed by atoms with Gasteiger partial charge in [-0.05, 0) is 31.0 Å². The molecule has 1 aromatic rings. The number of hydrogen-bond donors (Lipinski definition) is 2. The first-order valence-electron chi connectivity index (χ1n) is 5.53. The normalized spacial score (nSPS) is 23.9. The van der Waals surface area contributed by atoms with Gasteiger partial charge >= 0.3 is 0 Å². The summed E-state index contributed by atoms with van der Waals surface area (Å²) in [6, 6.07) is 4.79. The summed E-state index contributed by atoms with van der Waals surface area (Å²) in [4.78, 5) is 11.5. The molecular weight excluding hydrogens is 243 g/mol. The van der Waals surface area contributed by atoms with E-state index in [9.17, 15) is 9.18 Å². The van der Waals surface area contributed by atoms with Crippen molar-refractivity contribution < 1.29 is 9.18 Å². The van der Waals surface area contributed by atoms with Gasteiger partial charge in [0, 0.05) is 6.42 Å². The zero-order valence-corrected chi connectivity index (χ0v) is 10.1. The first-order valence-corrected chi connectivity index (χ1v) is 5.91. The lowest BCUT2D eigenvalue weighted by atomic mass is 9.88. The van der Waals surface area contributed by atoms with E-state index in [0.29, 0.717) is 12.0 Å². The minimum Gasteiger partial charge on any atom is -0.368 e. The van der Waals surface area contributed by atoms with Crippen LogP contribution in [0.4, 0.5) is 4.39 Å². The van der Waals surface area contributed by atoms with E-state index < -0.39 is 17.3 Å². The fourth-order valence-corrected chi connectivity index (χ4v) is 2.46. The molecule has 1 unspecified atom stereocenters. The van der Waals surface area contributed by atoms with Gasteiger partial charge in [-0.15, -0.1) is 0 Å². The van der Waals surface area contributed by atoms with Crippen molar-refractivity contribution in [3.05, 3.63) is 34.6 Å². The summed E-state index contributed by atoms with van der Waals surface area (Å²) in [5.41, 5.74) is 5.01. The molecule has 0 aliphatic carbocycles. The first kappa shape index (κ1) is 12.3. The van der Waals surface area contributed by atoms with E-state index in [1.165, 1.54) is 6.07 Å². The lowest BCUT2D eigenvalue weighted by Gasteiger charge is -2.26. The second-order valence-electron chi connectivity index (χ2n) is 4.37. The highest BCUT2D eigenvalue weighted by Crippen LogP contribution is 2.27. The zero-order valence-electron chi connectivity index (χ0n) is 9.30. The molecule has 1 heterocycles. The molecule has 0 saturated carbocycles. The number of carbonyl (C=O) groups excluding carboxylic acids is 1. The SMILES string of the molecule is NC(=O)C1(Cc2cccc(Cl)c2F)CCCN1. The topological polar surface area (TPSA) is 55.1 Å². The number of rotatable bonds is 3. The minimum absolute atomic E-state index is 0.0696. The lowest BCUT2D eigenvalue weighted by molar-refractivity contribution is -0.123. The van der Waals surface area contributed by atoms with Crippen molar-refractivity contribution in [2.75, 3.05) is 6.54 Å². The monoisotopic (exact) mass is 256 g/mol. The molecule has 3 N–H and O–H groups in total. The third kappa shape index (κ3) is 2.28. The van der Waals surface area contributed by atoms with Crippen molar-refractivity contribution in [1.82, 2.24) is 5.32 Å². The molecule has 1 amide bonds. The fraction of sp³-hybridized carbons (Fsp3) is 0.417. The Balaban J connectivity index is 2.30. The lowest BCUT2D eigenvalue weighted by Crippen LogP contribution is -2.53. The molecule has 5 heteroatoms. The van der Waals surface area contributed by atoms with Gasteiger partial charge in [-0.2, -0.15) is 0 Å². The van der Waals surface area contributed by atoms with Gasteiger partial charge in [0.05, 0.1) is 5.02 Å². The molecule has 0 bridgehead atoms. The Hall–Kier alpha value is -1.13. The van der Waals surface area contributed by atoms with E-state index in [4.69, 9.17) is 17.3 Å².